The predicted octanol–water partition coefficient (Wildman–Crippen LogP) is 3.13. The summed E-state index contributed by atoms with van der Waals surface area (Å²) in [5.41, 5.74) is 0.703. The Morgan fingerprint density at radius 1 is 1.47 bits per heavy atom. The number of halogens is 1. The molecular weight excluding hydrogens is 217 g/mol. The normalized spacial score (nSPS) is 22.4. The topological polar surface area (TPSA) is 29.1 Å². The Morgan fingerprint density at radius 2 is 2.24 bits per heavy atom. The van der Waals surface area contributed by atoms with E-state index in [4.69, 9.17) is 0 Å². The van der Waals surface area contributed by atoms with Gasteiger partial charge in [0.2, 0.25) is 0 Å². The second kappa shape index (κ2) is 4.47. The molecule has 0 radical (unpaired) electrons. The van der Waals surface area contributed by atoms with E-state index in [1.165, 1.54) is 12.1 Å². The molecule has 1 N–H and O–H groups in total. The third-order valence-corrected chi connectivity index (χ3v) is 3.39. The van der Waals surface area contributed by atoms with Crippen molar-refractivity contribution in [3.05, 3.63) is 35.6 Å². The molecule has 1 aliphatic carbocycles. The average Bonchev–Trinajstić information content (AvgIpc) is 2.58. The van der Waals surface area contributed by atoms with Gasteiger partial charge in [0.25, 0.3) is 5.91 Å². The zero-order valence-corrected chi connectivity index (χ0v) is 10.3. The fraction of sp³-hybridized carbons (Fsp3) is 0.500. The number of benzene rings is 1. The van der Waals surface area contributed by atoms with Gasteiger partial charge in [-0.3, -0.25) is 4.79 Å². The molecule has 1 aromatic carbocycles. The molecule has 0 aromatic heterocycles. The van der Waals surface area contributed by atoms with E-state index in [2.05, 4.69) is 19.2 Å². The number of hydrogen-bond donors (Lipinski definition) is 1. The Morgan fingerprint density at radius 3 is 2.82 bits per heavy atom. The molecule has 0 heterocycles. The molecule has 1 unspecified atom stereocenters. The van der Waals surface area contributed by atoms with E-state index >= 15 is 0 Å². The molecule has 17 heavy (non-hydrogen) atoms. The van der Waals surface area contributed by atoms with Crippen molar-refractivity contribution < 1.29 is 9.18 Å². The van der Waals surface area contributed by atoms with Gasteiger partial charge in [0.1, 0.15) is 5.82 Å². The van der Waals surface area contributed by atoms with E-state index in [9.17, 15) is 9.18 Å². The van der Waals surface area contributed by atoms with Crippen LogP contribution < -0.4 is 5.32 Å². The summed E-state index contributed by atoms with van der Waals surface area (Å²) >= 11 is 0. The summed E-state index contributed by atoms with van der Waals surface area (Å²) in [6, 6.07) is 6.03. The molecule has 0 aliphatic heterocycles. The van der Waals surface area contributed by atoms with Gasteiger partial charge in [0, 0.05) is 11.6 Å². The minimum Gasteiger partial charge on any atom is -0.349 e. The summed E-state index contributed by atoms with van der Waals surface area (Å²) in [6.45, 7) is 4.42. The molecule has 0 bridgehead atoms. The molecule has 0 spiro atoms. The number of rotatable bonds is 2. The van der Waals surface area contributed by atoms with Crippen LogP contribution in [-0.2, 0) is 0 Å². The molecule has 3 heteroatoms. The number of carbonyl (C=O) groups excluding carboxylic acids is 1. The average molecular weight is 235 g/mol. The second-order valence-electron chi connectivity index (χ2n) is 5.59. The molecule has 0 saturated heterocycles. The van der Waals surface area contributed by atoms with Crippen LogP contribution in [0.4, 0.5) is 4.39 Å². The summed E-state index contributed by atoms with van der Waals surface area (Å²) in [4.78, 5) is 11.9. The number of amides is 1. The molecular formula is C14H18FNO. The van der Waals surface area contributed by atoms with E-state index in [-0.39, 0.29) is 17.8 Å². The van der Waals surface area contributed by atoms with Crippen LogP contribution in [0.2, 0.25) is 0 Å². The largest absolute Gasteiger partial charge is 0.349 e. The Bertz CT molecular complexity index is 428. The van der Waals surface area contributed by atoms with Crippen molar-refractivity contribution in [2.24, 2.45) is 5.41 Å². The van der Waals surface area contributed by atoms with Crippen molar-refractivity contribution in [3.63, 3.8) is 0 Å². The van der Waals surface area contributed by atoms with Crippen molar-refractivity contribution >= 4 is 5.91 Å². The Labute approximate surface area is 101 Å². The lowest BCUT2D eigenvalue weighted by atomic mass is 9.92. The summed E-state index contributed by atoms with van der Waals surface area (Å²) < 4.78 is 13.0. The highest BCUT2D eigenvalue weighted by Gasteiger charge is 2.31. The molecule has 2 rings (SSSR count). The fourth-order valence-corrected chi connectivity index (χ4v) is 2.46. The van der Waals surface area contributed by atoms with E-state index in [0.717, 1.165) is 19.3 Å². The van der Waals surface area contributed by atoms with Crippen LogP contribution in [-0.4, -0.2) is 11.9 Å². The molecule has 92 valence electrons. The molecule has 1 atom stereocenters. The van der Waals surface area contributed by atoms with Gasteiger partial charge in [-0.05, 0) is 42.9 Å². The van der Waals surface area contributed by atoms with Gasteiger partial charge in [-0.25, -0.2) is 4.39 Å². The summed E-state index contributed by atoms with van der Waals surface area (Å²) in [7, 11) is 0. The summed E-state index contributed by atoms with van der Waals surface area (Å²) in [6.07, 6.45) is 3.13. The lowest BCUT2D eigenvalue weighted by Gasteiger charge is -2.17. The highest BCUT2D eigenvalue weighted by atomic mass is 19.1. The van der Waals surface area contributed by atoms with Crippen molar-refractivity contribution in [1.82, 2.24) is 5.32 Å². The smallest absolute Gasteiger partial charge is 0.251 e. The van der Waals surface area contributed by atoms with E-state index in [1.54, 1.807) is 12.1 Å². The minimum absolute atomic E-state index is 0.174. The zero-order valence-electron chi connectivity index (χ0n) is 10.3. The maximum absolute atomic E-state index is 13.0. The molecule has 1 aliphatic rings. The van der Waals surface area contributed by atoms with Crippen LogP contribution in [0, 0.1) is 11.2 Å². The first kappa shape index (κ1) is 12.1. The molecule has 1 amide bonds. The molecule has 1 saturated carbocycles. The number of carbonyl (C=O) groups is 1. The van der Waals surface area contributed by atoms with Crippen molar-refractivity contribution in [1.29, 1.82) is 0 Å². The van der Waals surface area contributed by atoms with Gasteiger partial charge in [-0.1, -0.05) is 19.9 Å². The highest BCUT2D eigenvalue weighted by molar-refractivity contribution is 5.94. The predicted molar refractivity (Wildman–Crippen MR) is 65.3 cm³/mol. The van der Waals surface area contributed by atoms with Gasteiger partial charge in [-0.15, -0.1) is 0 Å². The second-order valence-corrected chi connectivity index (χ2v) is 5.59. The third kappa shape index (κ3) is 3.05. The van der Waals surface area contributed by atoms with E-state index < -0.39 is 0 Å². The lowest BCUT2D eigenvalue weighted by Crippen LogP contribution is -2.33. The molecule has 1 aromatic rings. The van der Waals surface area contributed by atoms with Crippen LogP contribution in [0.1, 0.15) is 43.5 Å². The van der Waals surface area contributed by atoms with Crippen LogP contribution in [0.3, 0.4) is 0 Å². The SMILES string of the molecule is CC1(C)CCC(NC(=O)c2cccc(F)c2)C1. The van der Waals surface area contributed by atoms with Gasteiger partial charge in [0.15, 0.2) is 0 Å². The highest BCUT2D eigenvalue weighted by Crippen LogP contribution is 2.36. The number of nitrogens with one attached hydrogen (secondary N) is 1. The Balaban J connectivity index is 1.98. The van der Waals surface area contributed by atoms with Crippen molar-refractivity contribution in [2.45, 2.75) is 39.2 Å². The summed E-state index contributed by atoms with van der Waals surface area (Å²) in [5.74, 6) is -0.545. The van der Waals surface area contributed by atoms with Crippen molar-refractivity contribution in [3.8, 4) is 0 Å². The number of hydrogen-bond acceptors (Lipinski definition) is 1. The standard InChI is InChI=1S/C14H18FNO/c1-14(2)7-6-12(9-14)16-13(17)10-4-3-5-11(15)8-10/h3-5,8,12H,6-7,9H2,1-2H3,(H,16,17). The zero-order chi connectivity index (χ0) is 12.5. The quantitative estimate of drug-likeness (QED) is 0.838. The van der Waals surface area contributed by atoms with Gasteiger partial charge in [0.05, 0.1) is 0 Å². The maximum Gasteiger partial charge on any atom is 0.251 e. The monoisotopic (exact) mass is 235 g/mol. The van der Waals surface area contributed by atoms with Gasteiger partial charge >= 0.3 is 0 Å². The first-order valence-corrected chi connectivity index (χ1v) is 6.03. The van der Waals surface area contributed by atoms with E-state index in [0.29, 0.717) is 11.0 Å². The third-order valence-electron chi connectivity index (χ3n) is 3.39. The summed E-state index contributed by atoms with van der Waals surface area (Å²) in [5, 5.41) is 2.97. The van der Waals surface area contributed by atoms with Crippen LogP contribution in [0.5, 0.6) is 0 Å². The first-order valence-electron chi connectivity index (χ1n) is 6.03. The molecule has 2 nitrogen and oxygen atoms in total. The Hall–Kier alpha value is -1.38. The van der Waals surface area contributed by atoms with Gasteiger partial charge in [-0.2, -0.15) is 0 Å². The fourth-order valence-electron chi connectivity index (χ4n) is 2.46. The van der Waals surface area contributed by atoms with Crippen LogP contribution >= 0.6 is 0 Å². The Kier molecular flexibility index (Phi) is 3.18. The van der Waals surface area contributed by atoms with Crippen molar-refractivity contribution in [2.75, 3.05) is 0 Å². The van der Waals surface area contributed by atoms with Gasteiger partial charge < -0.3 is 5.32 Å². The minimum atomic E-state index is -0.371. The lowest BCUT2D eigenvalue weighted by molar-refractivity contribution is 0.0935. The maximum atomic E-state index is 13.0. The van der Waals surface area contributed by atoms with E-state index in [1.807, 2.05) is 0 Å². The first-order chi connectivity index (χ1) is 7.96. The van der Waals surface area contributed by atoms with Crippen LogP contribution in [0.15, 0.2) is 24.3 Å². The molecule has 1 fully saturated rings. The van der Waals surface area contributed by atoms with Crippen LogP contribution in [0.25, 0.3) is 0 Å².